The number of aromatic hydroxyl groups is 1. The van der Waals surface area contributed by atoms with E-state index in [1.807, 2.05) is 54.6 Å². The number of carbonyl (C=O) groups excluding carboxylic acids is 4. The van der Waals surface area contributed by atoms with E-state index >= 15 is 0 Å². The van der Waals surface area contributed by atoms with Crippen LogP contribution in [0.4, 0.5) is 16.2 Å². The van der Waals surface area contributed by atoms with Gasteiger partial charge in [-0.25, -0.2) is 9.69 Å². The van der Waals surface area contributed by atoms with Gasteiger partial charge in [0.15, 0.2) is 18.1 Å². The Morgan fingerprint density at radius 1 is 1.08 bits per heavy atom. The van der Waals surface area contributed by atoms with E-state index in [0.717, 1.165) is 16.0 Å². The number of ether oxygens (including phenoxy) is 2. The summed E-state index contributed by atoms with van der Waals surface area (Å²) in [6.45, 7) is 3.60. The average Bonchev–Trinajstić information content (AvgIpc) is 2.88. The van der Waals surface area contributed by atoms with Crippen LogP contribution in [0.3, 0.4) is 0 Å². The normalized spacial score (nSPS) is 14.3. The Kier molecular flexibility index (Phi) is 8.19. The van der Waals surface area contributed by atoms with Crippen LogP contribution >= 0.6 is 22.6 Å². The molecular weight excluding hydrogens is 617 g/mol. The molecular formula is C28H24IN3O7. The van der Waals surface area contributed by atoms with Crippen molar-refractivity contribution in [2.75, 3.05) is 23.9 Å². The summed E-state index contributed by atoms with van der Waals surface area (Å²) in [6, 6.07) is 13.4. The lowest BCUT2D eigenvalue weighted by molar-refractivity contribution is -0.122. The van der Waals surface area contributed by atoms with Gasteiger partial charge in [-0.2, -0.15) is 0 Å². The Hall–Kier alpha value is -4.39. The lowest BCUT2D eigenvalue weighted by Gasteiger charge is -2.26. The summed E-state index contributed by atoms with van der Waals surface area (Å²) in [7, 11) is 1.43. The lowest BCUT2D eigenvalue weighted by Crippen LogP contribution is -2.54. The van der Waals surface area contributed by atoms with Gasteiger partial charge in [0, 0.05) is 5.69 Å². The van der Waals surface area contributed by atoms with Crippen molar-refractivity contribution in [3.05, 3.63) is 80.4 Å². The molecule has 11 heteroatoms. The predicted octanol–water partition coefficient (Wildman–Crippen LogP) is 4.31. The number of anilines is 2. The standard InChI is InChI=1S/C28H24IN3O7/c1-15-4-9-22(16(2)10-15)30-24(34)14-39-25-21(29)12-17(13-23(25)38-3)11-20-26(35)31-28(37)32(27(20)36)18-5-7-19(33)8-6-18/h4-13,33H,14H2,1-3H3,(H,30,34)(H,31,35,37)/b20-11-. The first-order valence-corrected chi connectivity index (χ1v) is 12.7. The zero-order chi connectivity index (χ0) is 28.3. The molecule has 5 amide bonds. The second kappa shape index (κ2) is 11.6. The van der Waals surface area contributed by atoms with Gasteiger partial charge in [0.1, 0.15) is 11.3 Å². The van der Waals surface area contributed by atoms with Crippen LogP contribution in [0.1, 0.15) is 16.7 Å². The minimum absolute atomic E-state index is 0.0396. The maximum absolute atomic E-state index is 13.1. The Bertz CT molecular complexity index is 1520. The Morgan fingerprint density at radius 3 is 2.46 bits per heavy atom. The molecule has 0 bridgehead atoms. The smallest absolute Gasteiger partial charge is 0.335 e. The van der Waals surface area contributed by atoms with Gasteiger partial charge in [-0.05, 0) is 96.1 Å². The minimum atomic E-state index is -0.900. The number of carbonyl (C=O) groups is 4. The van der Waals surface area contributed by atoms with Crippen LogP contribution in [0.15, 0.2) is 60.2 Å². The molecule has 1 aliphatic heterocycles. The fraction of sp³-hybridized carbons (Fsp3) is 0.143. The van der Waals surface area contributed by atoms with Crippen LogP contribution in [0.25, 0.3) is 6.08 Å². The number of amides is 5. The molecule has 0 aliphatic carbocycles. The molecule has 3 aromatic rings. The first-order valence-electron chi connectivity index (χ1n) is 11.7. The van der Waals surface area contributed by atoms with E-state index in [1.54, 1.807) is 12.1 Å². The summed E-state index contributed by atoms with van der Waals surface area (Å²) in [5.74, 6) is -1.47. The number of urea groups is 1. The number of rotatable bonds is 7. The maximum atomic E-state index is 13.1. The first-order chi connectivity index (χ1) is 18.6. The molecule has 0 saturated carbocycles. The van der Waals surface area contributed by atoms with Gasteiger partial charge in [-0.15, -0.1) is 0 Å². The fourth-order valence-corrected chi connectivity index (χ4v) is 4.68. The minimum Gasteiger partial charge on any atom is -0.508 e. The molecule has 0 spiro atoms. The summed E-state index contributed by atoms with van der Waals surface area (Å²) >= 11 is 2.00. The second-order valence-electron chi connectivity index (χ2n) is 8.66. The number of methoxy groups -OCH3 is 1. The molecule has 0 unspecified atom stereocenters. The number of hydrogen-bond donors (Lipinski definition) is 3. The summed E-state index contributed by atoms with van der Waals surface area (Å²) in [5.41, 5.74) is 3.05. The largest absolute Gasteiger partial charge is 0.508 e. The Balaban J connectivity index is 1.55. The molecule has 10 nitrogen and oxygen atoms in total. The first kappa shape index (κ1) is 27.6. The maximum Gasteiger partial charge on any atom is 0.335 e. The number of imide groups is 2. The van der Waals surface area contributed by atoms with Gasteiger partial charge in [-0.3, -0.25) is 19.7 Å². The molecule has 0 radical (unpaired) electrons. The van der Waals surface area contributed by atoms with Crippen molar-refractivity contribution in [1.29, 1.82) is 0 Å². The van der Waals surface area contributed by atoms with Crippen LogP contribution in [0.2, 0.25) is 0 Å². The Morgan fingerprint density at radius 2 is 1.79 bits per heavy atom. The van der Waals surface area contributed by atoms with Crippen molar-refractivity contribution >= 4 is 63.8 Å². The predicted molar refractivity (Wildman–Crippen MR) is 153 cm³/mol. The monoisotopic (exact) mass is 641 g/mol. The van der Waals surface area contributed by atoms with E-state index in [-0.39, 0.29) is 35.3 Å². The van der Waals surface area contributed by atoms with E-state index in [0.29, 0.717) is 20.6 Å². The van der Waals surface area contributed by atoms with Crippen LogP contribution in [0.5, 0.6) is 17.2 Å². The second-order valence-corrected chi connectivity index (χ2v) is 9.83. The number of hydrogen-bond acceptors (Lipinski definition) is 7. The summed E-state index contributed by atoms with van der Waals surface area (Å²) < 4.78 is 11.8. The number of nitrogens with zero attached hydrogens (tertiary/aromatic N) is 1. The highest BCUT2D eigenvalue weighted by molar-refractivity contribution is 14.1. The van der Waals surface area contributed by atoms with Crippen LogP contribution < -0.4 is 25.0 Å². The van der Waals surface area contributed by atoms with Gasteiger partial charge in [0.05, 0.1) is 16.4 Å². The molecule has 1 fully saturated rings. The molecule has 4 rings (SSSR count). The molecule has 39 heavy (non-hydrogen) atoms. The van der Waals surface area contributed by atoms with Crippen molar-refractivity contribution < 1.29 is 33.8 Å². The third-order valence-corrected chi connectivity index (χ3v) is 6.58. The van der Waals surface area contributed by atoms with E-state index in [1.165, 1.54) is 37.5 Å². The van der Waals surface area contributed by atoms with Gasteiger partial charge >= 0.3 is 6.03 Å². The molecule has 3 N–H and O–H groups in total. The fourth-order valence-electron chi connectivity index (χ4n) is 3.90. The molecule has 0 aromatic heterocycles. The number of halogens is 1. The summed E-state index contributed by atoms with van der Waals surface area (Å²) in [6.07, 6.45) is 1.33. The number of aryl methyl sites for hydroxylation is 2. The zero-order valence-corrected chi connectivity index (χ0v) is 23.4. The molecule has 200 valence electrons. The molecule has 1 heterocycles. The van der Waals surface area contributed by atoms with Crippen molar-refractivity contribution in [2.24, 2.45) is 0 Å². The number of phenolic OH excluding ortho intramolecular Hbond substituents is 1. The number of benzene rings is 3. The number of phenols is 1. The van der Waals surface area contributed by atoms with Crippen molar-refractivity contribution in [1.82, 2.24) is 5.32 Å². The molecule has 1 aliphatic rings. The Labute approximate surface area is 237 Å². The van der Waals surface area contributed by atoms with Crippen LogP contribution in [0, 0.1) is 17.4 Å². The highest BCUT2D eigenvalue weighted by atomic mass is 127. The quantitative estimate of drug-likeness (QED) is 0.199. The van der Waals surface area contributed by atoms with Gasteiger partial charge < -0.3 is 19.9 Å². The van der Waals surface area contributed by atoms with E-state index in [9.17, 15) is 24.3 Å². The lowest BCUT2D eigenvalue weighted by atomic mass is 10.1. The molecule has 3 aromatic carbocycles. The van der Waals surface area contributed by atoms with Crippen molar-refractivity contribution in [3.8, 4) is 17.2 Å². The van der Waals surface area contributed by atoms with E-state index in [2.05, 4.69) is 10.6 Å². The third-order valence-electron chi connectivity index (χ3n) is 5.78. The van der Waals surface area contributed by atoms with E-state index < -0.39 is 17.8 Å². The topological polar surface area (TPSA) is 134 Å². The SMILES string of the molecule is COc1cc(/C=C2/C(=O)NC(=O)N(c3ccc(O)cc3)C2=O)cc(I)c1OCC(=O)Nc1ccc(C)cc1C. The third kappa shape index (κ3) is 6.20. The van der Waals surface area contributed by atoms with Gasteiger partial charge in [-0.1, -0.05) is 17.7 Å². The number of nitrogens with one attached hydrogen (secondary N) is 2. The van der Waals surface area contributed by atoms with Crippen molar-refractivity contribution in [3.63, 3.8) is 0 Å². The molecule has 1 saturated heterocycles. The average molecular weight is 641 g/mol. The van der Waals surface area contributed by atoms with Crippen LogP contribution in [-0.4, -0.2) is 42.6 Å². The van der Waals surface area contributed by atoms with E-state index in [4.69, 9.17) is 9.47 Å². The molecule has 0 atom stereocenters. The van der Waals surface area contributed by atoms with Gasteiger partial charge in [0.2, 0.25) is 0 Å². The van der Waals surface area contributed by atoms with Crippen LogP contribution in [-0.2, 0) is 14.4 Å². The van der Waals surface area contributed by atoms with Crippen molar-refractivity contribution in [2.45, 2.75) is 13.8 Å². The zero-order valence-electron chi connectivity index (χ0n) is 21.2. The number of barbiturate groups is 1. The highest BCUT2D eigenvalue weighted by Crippen LogP contribution is 2.35. The summed E-state index contributed by atoms with van der Waals surface area (Å²) in [5, 5.41) is 14.5. The highest BCUT2D eigenvalue weighted by Gasteiger charge is 2.36. The van der Waals surface area contributed by atoms with Gasteiger partial charge in [0.25, 0.3) is 17.7 Å². The summed E-state index contributed by atoms with van der Waals surface area (Å²) in [4.78, 5) is 51.4.